The summed E-state index contributed by atoms with van der Waals surface area (Å²) in [6, 6.07) is 18.5. The molecule has 2 nitrogen and oxygen atoms in total. The summed E-state index contributed by atoms with van der Waals surface area (Å²) >= 11 is 0. The highest BCUT2D eigenvalue weighted by Crippen LogP contribution is 2.21. The molecular weight excluding hydrogens is 270 g/mol. The highest BCUT2D eigenvalue weighted by atomic mass is 35.5. The number of hydrogen-bond donors (Lipinski definition) is 1. The Bertz CT molecular complexity index is 496. The lowest BCUT2D eigenvalue weighted by atomic mass is 10.1. The van der Waals surface area contributed by atoms with Crippen LogP contribution in [-0.4, -0.2) is 19.7 Å². The Labute approximate surface area is 126 Å². The molecule has 0 atom stereocenters. The van der Waals surface area contributed by atoms with E-state index in [1.165, 1.54) is 11.1 Å². The van der Waals surface area contributed by atoms with Crippen molar-refractivity contribution in [2.75, 3.05) is 19.7 Å². The first-order valence-electron chi connectivity index (χ1n) is 6.50. The van der Waals surface area contributed by atoms with Gasteiger partial charge in [-0.3, -0.25) is 0 Å². The molecule has 1 N–H and O–H groups in total. The summed E-state index contributed by atoms with van der Waals surface area (Å²) in [6.07, 6.45) is 1.84. The third kappa shape index (κ3) is 5.08. The fourth-order valence-corrected chi connectivity index (χ4v) is 1.82. The predicted molar refractivity (Wildman–Crippen MR) is 87.7 cm³/mol. The van der Waals surface area contributed by atoms with E-state index in [1.807, 2.05) is 36.4 Å². The molecule has 0 spiro atoms. The van der Waals surface area contributed by atoms with E-state index in [1.54, 1.807) is 0 Å². The van der Waals surface area contributed by atoms with Gasteiger partial charge in [-0.1, -0.05) is 48.5 Å². The standard InChI is InChI=1S/C17H19NO.ClH/c1-2-12-18-13-14-19-17-10-8-16(9-11-17)15-6-4-3-5-7-15;/h2-11,18H,1,12-14H2;1H. The second kappa shape index (κ2) is 9.18. The van der Waals surface area contributed by atoms with Gasteiger partial charge in [0.05, 0.1) is 0 Å². The molecule has 2 aromatic carbocycles. The van der Waals surface area contributed by atoms with E-state index in [-0.39, 0.29) is 12.4 Å². The van der Waals surface area contributed by atoms with Crippen molar-refractivity contribution >= 4 is 12.4 Å². The van der Waals surface area contributed by atoms with Crippen LogP contribution in [0.5, 0.6) is 5.75 Å². The summed E-state index contributed by atoms with van der Waals surface area (Å²) in [4.78, 5) is 0. The van der Waals surface area contributed by atoms with Crippen LogP contribution in [0.25, 0.3) is 11.1 Å². The first-order valence-corrected chi connectivity index (χ1v) is 6.50. The van der Waals surface area contributed by atoms with Crippen LogP contribution < -0.4 is 10.1 Å². The molecule has 106 valence electrons. The van der Waals surface area contributed by atoms with Gasteiger partial charge in [-0.15, -0.1) is 19.0 Å². The molecule has 0 aliphatic heterocycles. The Hall–Kier alpha value is -1.77. The smallest absolute Gasteiger partial charge is 0.119 e. The van der Waals surface area contributed by atoms with Crippen molar-refractivity contribution in [3.63, 3.8) is 0 Å². The Balaban J connectivity index is 0.00000200. The van der Waals surface area contributed by atoms with E-state index >= 15 is 0 Å². The average Bonchev–Trinajstić information content (AvgIpc) is 2.49. The van der Waals surface area contributed by atoms with Crippen molar-refractivity contribution in [2.24, 2.45) is 0 Å². The predicted octanol–water partition coefficient (Wildman–Crippen LogP) is 3.93. The van der Waals surface area contributed by atoms with Crippen molar-refractivity contribution in [2.45, 2.75) is 0 Å². The molecule has 3 heteroatoms. The second-order valence-corrected chi connectivity index (χ2v) is 4.23. The monoisotopic (exact) mass is 289 g/mol. The van der Waals surface area contributed by atoms with Crippen molar-refractivity contribution in [1.82, 2.24) is 5.32 Å². The van der Waals surface area contributed by atoms with E-state index in [9.17, 15) is 0 Å². The summed E-state index contributed by atoms with van der Waals surface area (Å²) in [5.41, 5.74) is 2.43. The Kier molecular flexibility index (Phi) is 7.48. The molecule has 0 aromatic heterocycles. The third-order valence-corrected chi connectivity index (χ3v) is 2.80. The van der Waals surface area contributed by atoms with Crippen LogP contribution in [0.2, 0.25) is 0 Å². The number of halogens is 1. The minimum Gasteiger partial charge on any atom is -0.492 e. The zero-order valence-electron chi connectivity index (χ0n) is 11.4. The zero-order valence-corrected chi connectivity index (χ0v) is 12.2. The summed E-state index contributed by atoms with van der Waals surface area (Å²) in [6.45, 7) is 5.96. The van der Waals surface area contributed by atoms with Crippen molar-refractivity contribution in [3.8, 4) is 16.9 Å². The fourth-order valence-electron chi connectivity index (χ4n) is 1.82. The van der Waals surface area contributed by atoms with Crippen LogP contribution in [0.15, 0.2) is 67.3 Å². The normalized spacial score (nSPS) is 9.60. The largest absolute Gasteiger partial charge is 0.492 e. The van der Waals surface area contributed by atoms with Gasteiger partial charge >= 0.3 is 0 Å². The molecular formula is C17H20ClNO. The van der Waals surface area contributed by atoms with Gasteiger partial charge in [-0.05, 0) is 23.3 Å². The molecule has 0 amide bonds. The van der Waals surface area contributed by atoms with Crippen molar-refractivity contribution < 1.29 is 4.74 Å². The molecule has 2 aromatic rings. The molecule has 0 unspecified atom stereocenters. The summed E-state index contributed by atoms with van der Waals surface area (Å²) in [5.74, 6) is 0.903. The van der Waals surface area contributed by atoms with Crippen LogP contribution in [0.3, 0.4) is 0 Å². The number of benzene rings is 2. The van der Waals surface area contributed by atoms with E-state index in [0.29, 0.717) is 6.61 Å². The lowest BCUT2D eigenvalue weighted by molar-refractivity contribution is 0.316. The molecule has 20 heavy (non-hydrogen) atoms. The minimum atomic E-state index is 0. The average molecular weight is 290 g/mol. The number of ether oxygens (including phenoxy) is 1. The number of rotatable bonds is 7. The van der Waals surface area contributed by atoms with Gasteiger partial charge in [0.2, 0.25) is 0 Å². The maximum Gasteiger partial charge on any atom is 0.119 e. The fraction of sp³-hybridized carbons (Fsp3) is 0.176. The summed E-state index contributed by atoms with van der Waals surface area (Å²) in [7, 11) is 0. The topological polar surface area (TPSA) is 21.3 Å². The van der Waals surface area contributed by atoms with Crippen LogP contribution in [0.4, 0.5) is 0 Å². The van der Waals surface area contributed by atoms with Crippen molar-refractivity contribution in [1.29, 1.82) is 0 Å². The highest BCUT2D eigenvalue weighted by molar-refractivity contribution is 5.85. The summed E-state index contributed by atoms with van der Waals surface area (Å²) < 4.78 is 5.65. The molecule has 0 fully saturated rings. The van der Waals surface area contributed by atoms with E-state index in [2.05, 4.69) is 36.2 Å². The van der Waals surface area contributed by atoms with Gasteiger partial charge in [0, 0.05) is 13.1 Å². The van der Waals surface area contributed by atoms with E-state index in [0.717, 1.165) is 18.8 Å². The maximum absolute atomic E-state index is 5.65. The quantitative estimate of drug-likeness (QED) is 0.616. The lowest BCUT2D eigenvalue weighted by Crippen LogP contribution is -2.20. The molecule has 2 rings (SSSR count). The van der Waals surface area contributed by atoms with Crippen molar-refractivity contribution in [3.05, 3.63) is 67.3 Å². The first kappa shape index (κ1) is 16.3. The highest BCUT2D eigenvalue weighted by Gasteiger charge is 1.97. The molecule has 0 aliphatic rings. The lowest BCUT2D eigenvalue weighted by Gasteiger charge is -2.07. The van der Waals surface area contributed by atoms with Gasteiger partial charge in [-0.25, -0.2) is 0 Å². The number of hydrogen-bond acceptors (Lipinski definition) is 2. The SMILES string of the molecule is C=CCNCCOc1ccc(-c2ccccc2)cc1.Cl. The minimum absolute atomic E-state index is 0. The molecule has 0 heterocycles. The van der Waals surface area contributed by atoms with Crippen LogP contribution in [-0.2, 0) is 0 Å². The van der Waals surface area contributed by atoms with Gasteiger partial charge in [0.25, 0.3) is 0 Å². The van der Waals surface area contributed by atoms with Crippen LogP contribution in [0.1, 0.15) is 0 Å². The molecule has 0 saturated heterocycles. The van der Waals surface area contributed by atoms with Gasteiger partial charge in [0.1, 0.15) is 12.4 Å². The molecule has 0 radical (unpaired) electrons. The Morgan fingerprint density at radius 1 is 0.950 bits per heavy atom. The zero-order chi connectivity index (χ0) is 13.3. The molecule has 0 bridgehead atoms. The first-order chi connectivity index (χ1) is 9.40. The number of nitrogens with one attached hydrogen (secondary N) is 1. The van der Waals surface area contributed by atoms with Crippen LogP contribution >= 0.6 is 12.4 Å². The van der Waals surface area contributed by atoms with E-state index in [4.69, 9.17) is 4.74 Å². The second-order valence-electron chi connectivity index (χ2n) is 4.23. The maximum atomic E-state index is 5.65. The molecule has 0 aliphatic carbocycles. The van der Waals surface area contributed by atoms with E-state index < -0.39 is 0 Å². The third-order valence-electron chi connectivity index (χ3n) is 2.80. The Morgan fingerprint density at radius 2 is 1.60 bits per heavy atom. The van der Waals surface area contributed by atoms with Crippen LogP contribution in [0, 0.1) is 0 Å². The van der Waals surface area contributed by atoms with Gasteiger partial charge < -0.3 is 10.1 Å². The van der Waals surface area contributed by atoms with Gasteiger partial charge in [0.15, 0.2) is 0 Å². The summed E-state index contributed by atoms with van der Waals surface area (Å²) in [5, 5.41) is 3.20. The van der Waals surface area contributed by atoms with Gasteiger partial charge in [-0.2, -0.15) is 0 Å². The Morgan fingerprint density at radius 3 is 2.25 bits per heavy atom. The molecule has 0 saturated carbocycles.